The topological polar surface area (TPSA) is 65.1 Å². The fourth-order valence-corrected chi connectivity index (χ4v) is 2.34. The number of amides is 1. The third kappa shape index (κ3) is 7.33. The molecule has 0 saturated carbocycles. The molecule has 0 fully saturated rings. The molecule has 2 atom stereocenters. The number of carbonyl (C=O) groups excluding carboxylic acids is 2. The summed E-state index contributed by atoms with van der Waals surface area (Å²) in [4.78, 5) is 25.8. The normalized spacial score (nSPS) is 20.8. The van der Waals surface area contributed by atoms with E-state index in [-0.39, 0.29) is 36.9 Å². The summed E-state index contributed by atoms with van der Waals surface area (Å²) in [6.45, 7) is 5.49. The van der Waals surface area contributed by atoms with Crippen molar-refractivity contribution < 1.29 is 23.8 Å². The zero-order valence-electron chi connectivity index (χ0n) is 15.2. The average Bonchev–Trinajstić information content (AvgIpc) is 2.52. The molecule has 0 spiro atoms. The maximum atomic E-state index is 12.4. The maximum absolute atomic E-state index is 12.4. The van der Waals surface area contributed by atoms with Gasteiger partial charge in [-0.25, -0.2) is 0 Å². The van der Waals surface area contributed by atoms with E-state index in [1.807, 2.05) is 0 Å². The molecule has 0 unspecified atom stereocenters. The highest BCUT2D eigenvalue weighted by molar-refractivity contribution is 5.81. The molecule has 1 aliphatic heterocycles. The molecule has 1 aliphatic rings. The highest BCUT2D eigenvalue weighted by Crippen LogP contribution is 2.11. The van der Waals surface area contributed by atoms with Crippen LogP contribution in [0.3, 0.4) is 0 Å². The van der Waals surface area contributed by atoms with Gasteiger partial charge in [0.05, 0.1) is 19.6 Å². The van der Waals surface area contributed by atoms with Crippen LogP contribution < -0.4 is 0 Å². The second-order valence-corrected chi connectivity index (χ2v) is 6.24. The SMILES string of the molecule is CO[C@H]1C#CCCN(C(=O)CCC(=O)OCCC(C)C)C[C@@H]1OC. The Balaban J connectivity index is 2.46. The molecule has 0 radical (unpaired) electrons. The monoisotopic (exact) mass is 339 g/mol. The zero-order chi connectivity index (χ0) is 17.9. The summed E-state index contributed by atoms with van der Waals surface area (Å²) in [5.41, 5.74) is 0. The van der Waals surface area contributed by atoms with Crippen molar-refractivity contribution in [1.29, 1.82) is 0 Å². The molecule has 24 heavy (non-hydrogen) atoms. The number of ether oxygens (including phenoxy) is 3. The lowest BCUT2D eigenvalue weighted by Crippen LogP contribution is -2.44. The first-order valence-corrected chi connectivity index (χ1v) is 8.45. The van der Waals surface area contributed by atoms with Crippen LogP contribution in [-0.4, -0.2) is 62.9 Å². The molecule has 0 aromatic carbocycles. The molecule has 6 heteroatoms. The molecule has 0 aromatic rings. The smallest absolute Gasteiger partial charge is 0.306 e. The van der Waals surface area contributed by atoms with E-state index in [2.05, 4.69) is 25.7 Å². The van der Waals surface area contributed by atoms with Crippen LogP contribution in [-0.2, 0) is 23.8 Å². The van der Waals surface area contributed by atoms with E-state index < -0.39 is 0 Å². The van der Waals surface area contributed by atoms with Crippen molar-refractivity contribution >= 4 is 11.9 Å². The Morgan fingerprint density at radius 1 is 1.21 bits per heavy atom. The van der Waals surface area contributed by atoms with Gasteiger partial charge in [0.15, 0.2) is 0 Å². The van der Waals surface area contributed by atoms with Gasteiger partial charge in [0.2, 0.25) is 5.91 Å². The van der Waals surface area contributed by atoms with Gasteiger partial charge in [-0.1, -0.05) is 25.7 Å². The van der Waals surface area contributed by atoms with Gasteiger partial charge in [-0.2, -0.15) is 0 Å². The molecule has 0 saturated heterocycles. The molecule has 0 bridgehead atoms. The van der Waals surface area contributed by atoms with Crippen LogP contribution >= 0.6 is 0 Å². The van der Waals surface area contributed by atoms with E-state index in [0.29, 0.717) is 32.0 Å². The number of nitrogens with zero attached hydrogens (tertiary/aromatic N) is 1. The van der Waals surface area contributed by atoms with Gasteiger partial charge in [-0.05, 0) is 12.3 Å². The summed E-state index contributed by atoms with van der Waals surface area (Å²) in [7, 11) is 3.15. The number of carbonyl (C=O) groups is 2. The van der Waals surface area contributed by atoms with E-state index in [4.69, 9.17) is 14.2 Å². The van der Waals surface area contributed by atoms with E-state index in [1.165, 1.54) is 0 Å². The number of hydrogen-bond acceptors (Lipinski definition) is 5. The van der Waals surface area contributed by atoms with Crippen LogP contribution in [0.25, 0.3) is 0 Å². The van der Waals surface area contributed by atoms with Crippen LogP contribution in [0.5, 0.6) is 0 Å². The van der Waals surface area contributed by atoms with Crippen LogP contribution in [0.15, 0.2) is 0 Å². The third-order valence-corrected chi connectivity index (χ3v) is 3.90. The second-order valence-electron chi connectivity index (χ2n) is 6.24. The Hall–Kier alpha value is -1.58. The first-order chi connectivity index (χ1) is 11.5. The van der Waals surface area contributed by atoms with Gasteiger partial charge in [0, 0.05) is 33.6 Å². The maximum Gasteiger partial charge on any atom is 0.306 e. The lowest BCUT2D eigenvalue weighted by molar-refractivity contribution is -0.147. The third-order valence-electron chi connectivity index (χ3n) is 3.90. The molecule has 0 aromatic heterocycles. The molecule has 6 nitrogen and oxygen atoms in total. The van der Waals surface area contributed by atoms with Crippen molar-refractivity contribution in [2.75, 3.05) is 33.9 Å². The molecular weight excluding hydrogens is 310 g/mol. The highest BCUT2D eigenvalue weighted by Gasteiger charge is 2.26. The van der Waals surface area contributed by atoms with Crippen molar-refractivity contribution in [1.82, 2.24) is 4.90 Å². The van der Waals surface area contributed by atoms with Gasteiger partial charge in [0.25, 0.3) is 0 Å². The van der Waals surface area contributed by atoms with Crippen molar-refractivity contribution in [2.24, 2.45) is 5.92 Å². The van der Waals surface area contributed by atoms with Crippen LogP contribution in [0.2, 0.25) is 0 Å². The molecule has 1 rings (SSSR count). The fraction of sp³-hybridized carbons (Fsp3) is 0.778. The number of rotatable bonds is 8. The summed E-state index contributed by atoms with van der Waals surface area (Å²) in [6.07, 6.45) is 1.00. The van der Waals surface area contributed by atoms with E-state index in [9.17, 15) is 9.59 Å². The van der Waals surface area contributed by atoms with Crippen LogP contribution in [0.4, 0.5) is 0 Å². The number of methoxy groups -OCH3 is 2. The quantitative estimate of drug-likeness (QED) is 0.497. The predicted octanol–water partition coefficient (Wildman–Crippen LogP) is 1.62. The number of esters is 1. The largest absolute Gasteiger partial charge is 0.466 e. The minimum atomic E-state index is -0.355. The summed E-state index contributed by atoms with van der Waals surface area (Å²) in [6, 6.07) is 0. The minimum Gasteiger partial charge on any atom is -0.466 e. The van der Waals surface area contributed by atoms with Gasteiger partial charge in [-0.3, -0.25) is 9.59 Å². The molecule has 1 amide bonds. The van der Waals surface area contributed by atoms with E-state index >= 15 is 0 Å². The van der Waals surface area contributed by atoms with Crippen molar-refractivity contribution in [3.05, 3.63) is 0 Å². The molecule has 0 N–H and O–H groups in total. The highest BCUT2D eigenvalue weighted by atomic mass is 16.5. The summed E-state index contributed by atoms with van der Waals surface area (Å²) in [5, 5.41) is 0. The standard InChI is InChI=1S/C18H29NO5/c1-14(2)10-12-24-18(21)9-8-17(20)19-11-6-5-7-15(22-3)16(13-19)23-4/h14-16H,6,8-13H2,1-4H3/t15-,16-/m0/s1. The Bertz CT molecular complexity index is 466. The second kappa shape index (κ2) is 11.1. The summed E-state index contributed by atoms with van der Waals surface area (Å²) >= 11 is 0. The van der Waals surface area contributed by atoms with Gasteiger partial charge in [0.1, 0.15) is 12.2 Å². The first-order valence-electron chi connectivity index (χ1n) is 8.45. The zero-order valence-corrected chi connectivity index (χ0v) is 15.2. The van der Waals surface area contributed by atoms with Crippen molar-refractivity contribution in [2.45, 2.75) is 51.7 Å². The van der Waals surface area contributed by atoms with Gasteiger partial charge in [-0.15, -0.1) is 0 Å². The van der Waals surface area contributed by atoms with Gasteiger partial charge >= 0.3 is 5.97 Å². The molecular formula is C18H29NO5. The Morgan fingerprint density at radius 2 is 1.96 bits per heavy atom. The lowest BCUT2D eigenvalue weighted by atomic mass is 10.1. The Kier molecular flexibility index (Phi) is 9.43. The Labute approximate surface area is 144 Å². The molecule has 1 heterocycles. The first kappa shape index (κ1) is 20.5. The predicted molar refractivity (Wildman–Crippen MR) is 90.2 cm³/mol. The van der Waals surface area contributed by atoms with E-state index in [1.54, 1.807) is 19.1 Å². The molecule has 136 valence electrons. The van der Waals surface area contributed by atoms with Crippen molar-refractivity contribution in [3.8, 4) is 11.8 Å². The average molecular weight is 339 g/mol. The number of hydrogen-bond donors (Lipinski definition) is 0. The summed E-state index contributed by atoms with van der Waals surface area (Å²) < 4.78 is 15.8. The lowest BCUT2D eigenvalue weighted by Gasteiger charge is -2.30. The van der Waals surface area contributed by atoms with E-state index in [0.717, 1.165) is 6.42 Å². The summed E-state index contributed by atoms with van der Waals surface area (Å²) in [5.74, 6) is 6.08. The van der Waals surface area contributed by atoms with Crippen molar-refractivity contribution in [3.63, 3.8) is 0 Å². The Morgan fingerprint density at radius 3 is 2.58 bits per heavy atom. The van der Waals surface area contributed by atoms with Crippen LogP contribution in [0.1, 0.15) is 39.5 Å². The van der Waals surface area contributed by atoms with Gasteiger partial charge < -0.3 is 19.1 Å². The van der Waals surface area contributed by atoms with Crippen LogP contribution in [0, 0.1) is 17.8 Å². The fourth-order valence-electron chi connectivity index (χ4n) is 2.34. The minimum absolute atomic E-state index is 0.0867. The molecule has 0 aliphatic carbocycles.